The van der Waals surface area contributed by atoms with E-state index in [9.17, 15) is 4.79 Å². The van der Waals surface area contributed by atoms with Gasteiger partial charge in [0, 0.05) is 10.9 Å². The Morgan fingerprint density at radius 1 is 1.47 bits per heavy atom. The molecule has 1 aromatic carbocycles. The van der Waals surface area contributed by atoms with Gasteiger partial charge in [-0.1, -0.05) is 17.8 Å². The number of amides is 1. The Balaban J connectivity index is 1.99. The van der Waals surface area contributed by atoms with Crippen molar-refractivity contribution in [3.63, 3.8) is 0 Å². The van der Waals surface area contributed by atoms with Gasteiger partial charge in [0.05, 0.1) is 12.0 Å². The van der Waals surface area contributed by atoms with Crippen LogP contribution in [0.1, 0.15) is 18.9 Å². The van der Waals surface area contributed by atoms with Gasteiger partial charge in [-0.25, -0.2) is 5.84 Å². The van der Waals surface area contributed by atoms with Gasteiger partial charge in [0.25, 0.3) is 5.91 Å². The number of benzene rings is 1. The topological polar surface area (TPSA) is 55.6 Å². The number of nitrogens with two attached hydrogens (primary N) is 1. The molecule has 3 rings (SSSR count). The third-order valence-corrected chi connectivity index (χ3v) is 4.92. The number of carbonyl (C=O) groups excluding carboxylic acids is 1. The molecule has 100 valence electrons. The summed E-state index contributed by atoms with van der Waals surface area (Å²) in [6.45, 7) is 1.98. The van der Waals surface area contributed by atoms with Crippen LogP contribution in [0.4, 0.5) is 0 Å². The maximum Gasteiger partial charge on any atom is 0.274 e. The summed E-state index contributed by atoms with van der Waals surface area (Å²) in [5.41, 5.74) is 2.47. The highest BCUT2D eigenvalue weighted by Crippen LogP contribution is 2.43. The molecule has 0 fully saturated rings. The van der Waals surface area contributed by atoms with Crippen molar-refractivity contribution in [2.75, 3.05) is 7.11 Å². The summed E-state index contributed by atoms with van der Waals surface area (Å²) in [4.78, 5) is 14.1. The Labute approximate surface area is 116 Å². The van der Waals surface area contributed by atoms with Crippen LogP contribution < -0.4 is 10.6 Å². The fourth-order valence-electron chi connectivity index (χ4n) is 2.53. The summed E-state index contributed by atoms with van der Waals surface area (Å²) in [7, 11) is 1.65. The molecule has 0 saturated heterocycles. The fraction of sp³-hybridized carbons (Fsp3) is 0.357. The van der Waals surface area contributed by atoms with Crippen LogP contribution in [-0.2, 0) is 11.2 Å². The van der Waals surface area contributed by atoms with Crippen LogP contribution in [0.3, 0.4) is 0 Å². The van der Waals surface area contributed by atoms with Gasteiger partial charge >= 0.3 is 0 Å². The molecule has 0 saturated carbocycles. The van der Waals surface area contributed by atoms with E-state index < -0.39 is 0 Å². The van der Waals surface area contributed by atoms with Crippen LogP contribution in [0, 0.1) is 0 Å². The molecule has 0 radical (unpaired) electrons. The molecule has 1 amide bonds. The molecule has 0 bridgehead atoms. The molecule has 0 aromatic heterocycles. The number of hydrogen-bond acceptors (Lipinski definition) is 4. The lowest BCUT2D eigenvalue weighted by Gasteiger charge is -2.34. The van der Waals surface area contributed by atoms with Crippen LogP contribution in [0.25, 0.3) is 0 Å². The first-order valence-electron chi connectivity index (χ1n) is 6.25. The predicted molar refractivity (Wildman–Crippen MR) is 74.7 cm³/mol. The lowest BCUT2D eigenvalue weighted by molar-refractivity contribution is -0.129. The smallest absolute Gasteiger partial charge is 0.274 e. The van der Waals surface area contributed by atoms with Gasteiger partial charge in [-0.05, 0) is 43.0 Å². The first-order valence-corrected chi connectivity index (χ1v) is 7.07. The van der Waals surface area contributed by atoms with Crippen molar-refractivity contribution in [1.29, 1.82) is 0 Å². The van der Waals surface area contributed by atoms with Crippen LogP contribution in [0.2, 0.25) is 0 Å². The molecule has 2 N–H and O–H groups in total. The van der Waals surface area contributed by atoms with Crippen molar-refractivity contribution >= 4 is 17.7 Å². The Hall–Kier alpha value is -1.46. The number of hydrazine groups is 1. The standard InChI is InChI=1S/C14H16N2O2S/c1-8-5-10-6-9-3-4-11(18-2)7-12(9)19-13(10)14(17)16(8)15/h3-4,7-8H,5-6,15H2,1-2H3. The highest BCUT2D eigenvalue weighted by Gasteiger charge is 2.33. The van der Waals surface area contributed by atoms with E-state index in [0.717, 1.165) is 28.4 Å². The summed E-state index contributed by atoms with van der Waals surface area (Å²) in [6.07, 6.45) is 1.70. The Kier molecular flexibility index (Phi) is 3.03. The number of nitrogens with zero attached hydrogens (tertiary/aromatic N) is 1. The van der Waals surface area contributed by atoms with E-state index in [1.807, 2.05) is 19.1 Å². The maximum absolute atomic E-state index is 12.2. The van der Waals surface area contributed by atoms with E-state index >= 15 is 0 Å². The second-order valence-corrected chi connectivity index (χ2v) is 6.00. The normalized spacial score (nSPS) is 22.2. The first-order chi connectivity index (χ1) is 9.10. The minimum Gasteiger partial charge on any atom is -0.497 e. The lowest BCUT2D eigenvalue weighted by atomic mass is 9.95. The first kappa shape index (κ1) is 12.6. The van der Waals surface area contributed by atoms with E-state index in [1.54, 1.807) is 7.11 Å². The minimum absolute atomic E-state index is 0.0628. The van der Waals surface area contributed by atoms with E-state index in [4.69, 9.17) is 10.6 Å². The molecular weight excluding hydrogens is 260 g/mol. The van der Waals surface area contributed by atoms with Crippen molar-refractivity contribution in [2.45, 2.75) is 30.7 Å². The number of methoxy groups -OCH3 is 1. The third kappa shape index (κ3) is 2.03. The Bertz CT molecular complexity index is 583. The van der Waals surface area contributed by atoms with E-state index in [1.165, 1.54) is 27.9 Å². The van der Waals surface area contributed by atoms with Crippen molar-refractivity contribution in [3.05, 3.63) is 34.2 Å². The van der Waals surface area contributed by atoms with Crippen LogP contribution in [0.15, 0.2) is 33.6 Å². The number of thioether (sulfide) groups is 1. The second kappa shape index (κ2) is 4.58. The number of ether oxygens (including phenoxy) is 1. The number of carbonyl (C=O) groups is 1. The second-order valence-electron chi connectivity index (χ2n) is 4.95. The molecule has 1 unspecified atom stereocenters. The van der Waals surface area contributed by atoms with Gasteiger partial charge < -0.3 is 4.74 Å². The SMILES string of the molecule is COc1ccc2c(c1)SC1=C(C2)CC(C)N(N)C1=O. The molecule has 1 aromatic rings. The molecule has 2 heterocycles. The van der Waals surface area contributed by atoms with Crippen LogP contribution in [0.5, 0.6) is 5.75 Å². The van der Waals surface area contributed by atoms with Gasteiger partial charge in [0.15, 0.2) is 0 Å². The molecular formula is C14H16N2O2S. The zero-order valence-corrected chi connectivity index (χ0v) is 11.8. The molecule has 1 atom stereocenters. The summed E-state index contributed by atoms with van der Waals surface area (Å²) in [5, 5.41) is 1.34. The Morgan fingerprint density at radius 2 is 2.26 bits per heavy atom. The summed E-state index contributed by atoms with van der Waals surface area (Å²) in [6, 6.07) is 6.10. The van der Waals surface area contributed by atoms with Crippen molar-refractivity contribution < 1.29 is 9.53 Å². The van der Waals surface area contributed by atoms with E-state index in [0.29, 0.717) is 0 Å². The highest BCUT2D eigenvalue weighted by molar-refractivity contribution is 8.04. The Morgan fingerprint density at radius 3 is 3.00 bits per heavy atom. The average molecular weight is 276 g/mol. The molecule has 4 nitrogen and oxygen atoms in total. The maximum atomic E-state index is 12.2. The molecule has 2 aliphatic rings. The van der Waals surface area contributed by atoms with Crippen molar-refractivity contribution in [2.24, 2.45) is 5.84 Å². The zero-order chi connectivity index (χ0) is 13.6. The summed E-state index contributed by atoms with van der Waals surface area (Å²) >= 11 is 1.51. The zero-order valence-electron chi connectivity index (χ0n) is 11.0. The molecule has 2 aliphatic heterocycles. The largest absolute Gasteiger partial charge is 0.497 e. The van der Waals surface area contributed by atoms with Crippen molar-refractivity contribution in [3.8, 4) is 5.75 Å². The number of fused-ring (bicyclic) bond motifs is 1. The summed E-state index contributed by atoms with van der Waals surface area (Å²) in [5.74, 6) is 6.57. The van der Waals surface area contributed by atoms with Crippen LogP contribution in [-0.4, -0.2) is 24.1 Å². The van der Waals surface area contributed by atoms with Gasteiger partial charge in [-0.15, -0.1) is 0 Å². The van der Waals surface area contributed by atoms with Crippen LogP contribution >= 0.6 is 11.8 Å². The monoisotopic (exact) mass is 276 g/mol. The number of hydrogen-bond donors (Lipinski definition) is 1. The van der Waals surface area contributed by atoms with Gasteiger partial charge in [-0.2, -0.15) is 0 Å². The predicted octanol–water partition coefficient (Wildman–Crippen LogP) is 2.09. The summed E-state index contributed by atoms with van der Waals surface area (Å²) < 4.78 is 5.23. The third-order valence-electron chi connectivity index (χ3n) is 3.66. The number of rotatable bonds is 1. The highest BCUT2D eigenvalue weighted by atomic mass is 32.2. The van der Waals surface area contributed by atoms with Gasteiger partial charge in [-0.3, -0.25) is 9.80 Å². The van der Waals surface area contributed by atoms with E-state index in [2.05, 4.69) is 6.07 Å². The van der Waals surface area contributed by atoms with E-state index in [-0.39, 0.29) is 11.9 Å². The quantitative estimate of drug-likeness (QED) is 0.630. The van der Waals surface area contributed by atoms with Gasteiger partial charge in [0.2, 0.25) is 0 Å². The minimum atomic E-state index is -0.0628. The lowest BCUT2D eigenvalue weighted by Crippen LogP contribution is -2.48. The van der Waals surface area contributed by atoms with Crippen molar-refractivity contribution in [1.82, 2.24) is 5.01 Å². The van der Waals surface area contributed by atoms with Gasteiger partial charge in [0.1, 0.15) is 5.75 Å². The molecule has 0 aliphatic carbocycles. The fourth-order valence-corrected chi connectivity index (χ4v) is 3.69. The average Bonchev–Trinajstić information content (AvgIpc) is 2.43. The molecule has 0 spiro atoms. The molecule has 19 heavy (non-hydrogen) atoms. The molecule has 5 heteroatoms.